The van der Waals surface area contributed by atoms with Crippen LogP contribution in [0.15, 0.2) is 36.5 Å². The molecule has 22 heavy (non-hydrogen) atoms. The fraction of sp³-hybridized carbons (Fsp3) is 0.375. The van der Waals surface area contributed by atoms with Crippen LogP contribution >= 0.6 is 0 Å². The van der Waals surface area contributed by atoms with Crippen molar-refractivity contribution in [2.75, 3.05) is 26.2 Å². The number of hydrogen-bond acceptors (Lipinski definition) is 3. The topological polar surface area (TPSA) is 72.9 Å². The molecule has 1 heterocycles. The molecule has 0 unspecified atom stereocenters. The summed E-state index contributed by atoms with van der Waals surface area (Å²) in [6, 6.07) is 8.84. The maximum Gasteiger partial charge on any atom is 0.325 e. The Morgan fingerprint density at radius 3 is 2.41 bits per heavy atom. The third-order valence-corrected chi connectivity index (χ3v) is 3.59. The number of carbonyl (C=O) groups excluding carboxylic acids is 1. The van der Waals surface area contributed by atoms with E-state index in [1.165, 1.54) is 6.92 Å². The number of benzene rings is 1. The van der Waals surface area contributed by atoms with Gasteiger partial charge < -0.3 is 20.2 Å². The van der Waals surface area contributed by atoms with Gasteiger partial charge in [-0.25, -0.2) is 4.79 Å². The lowest BCUT2D eigenvalue weighted by atomic mass is 10.2. The molecule has 0 bridgehead atoms. The van der Waals surface area contributed by atoms with Crippen molar-refractivity contribution in [3.8, 4) is 0 Å². The minimum atomic E-state index is -1.03. The van der Waals surface area contributed by atoms with E-state index in [1.807, 2.05) is 42.6 Å². The molecule has 118 valence electrons. The highest BCUT2D eigenvalue weighted by atomic mass is 16.4. The van der Waals surface area contributed by atoms with Crippen LogP contribution in [-0.2, 0) is 4.79 Å². The number of carboxylic acid groups (broad SMARTS) is 1. The van der Waals surface area contributed by atoms with Crippen molar-refractivity contribution < 1.29 is 14.7 Å². The first-order chi connectivity index (χ1) is 10.6. The Kier molecular flexibility index (Phi) is 5.41. The van der Waals surface area contributed by atoms with Crippen molar-refractivity contribution in [3.63, 3.8) is 0 Å². The number of nitrogens with zero attached hydrogens (tertiary/aromatic N) is 2. The second kappa shape index (κ2) is 7.49. The molecule has 0 saturated carbocycles. The number of rotatable bonds is 4. The largest absolute Gasteiger partial charge is 0.480 e. The molecule has 2 amide bonds. The molecule has 2 rings (SSSR count). The first kappa shape index (κ1) is 15.9. The molecular weight excluding hydrogens is 282 g/mol. The average molecular weight is 303 g/mol. The minimum Gasteiger partial charge on any atom is -0.480 e. The van der Waals surface area contributed by atoms with E-state index in [1.54, 1.807) is 4.90 Å². The Morgan fingerprint density at radius 2 is 1.82 bits per heavy atom. The van der Waals surface area contributed by atoms with E-state index >= 15 is 0 Å². The molecular formula is C16H21N3O3. The summed E-state index contributed by atoms with van der Waals surface area (Å²) >= 11 is 0. The third kappa shape index (κ3) is 4.51. The summed E-state index contributed by atoms with van der Waals surface area (Å²) in [5.74, 6) is -1.03. The molecule has 0 aliphatic carbocycles. The summed E-state index contributed by atoms with van der Waals surface area (Å²) in [6.07, 6.45) is 4.08. The summed E-state index contributed by atoms with van der Waals surface area (Å²) in [4.78, 5) is 26.4. The van der Waals surface area contributed by atoms with Crippen molar-refractivity contribution in [2.45, 2.75) is 13.0 Å². The van der Waals surface area contributed by atoms with Gasteiger partial charge in [-0.1, -0.05) is 30.3 Å². The van der Waals surface area contributed by atoms with Gasteiger partial charge in [-0.05, 0) is 24.8 Å². The molecule has 2 N–H and O–H groups in total. The van der Waals surface area contributed by atoms with Gasteiger partial charge in [0.25, 0.3) is 0 Å². The van der Waals surface area contributed by atoms with E-state index in [0.29, 0.717) is 13.1 Å². The highest BCUT2D eigenvalue weighted by Gasteiger charge is 2.22. The van der Waals surface area contributed by atoms with Crippen LogP contribution in [-0.4, -0.2) is 59.1 Å². The summed E-state index contributed by atoms with van der Waals surface area (Å²) in [6.45, 7) is 4.09. The number of urea groups is 1. The lowest BCUT2D eigenvalue weighted by Crippen LogP contribution is -2.53. The molecule has 1 aromatic carbocycles. The lowest BCUT2D eigenvalue weighted by Gasteiger charge is -2.34. The van der Waals surface area contributed by atoms with Crippen LogP contribution in [0.4, 0.5) is 4.79 Å². The third-order valence-electron chi connectivity index (χ3n) is 3.59. The number of piperazine rings is 1. The van der Waals surface area contributed by atoms with Crippen LogP contribution in [0.3, 0.4) is 0 Å². The van der Waals surface area contributed by atoms with Crippen LogP contribution in [0.5, 0.6) is 0 Å². The van der Waals surface area contributed by atoms with E-state index in [2.05, 4.69) is 10.2 Å². The molecule has 0 aromatic heterocycles. The number of amides is 2. The highest BCUT2D eigenvalue weighted by molar-refractivity contribution is 5.82. The predicted octanol–water partition coefficient (Wildman–Crippen LogP) is 1.46. The van der Waals surface area contributed by atoms with Crippen molar-refractivity contribution >= 4 is 18.1 Å². The number of aliphatic carboxylic acids is 1. The van der Waals surface area contributed by atoms with E-state index in [-0.39, 0.29) is 6.03 Å². The molecule has 0 radical (unpaired) electrons. The van der Waals surface area contributed by atoms with Crippen molar-refractivity contribution in [1.29, 1.82) is 0 Å². The maximum atomic E-state index is 11.9. The number of hydrogen-bond donors (Lipinski definition) is 2. The molecule has 1 aromatic rings. The molecule has 1 saturated heterocycles. The molecule has 6 nitrogen and oxygen atoms in total. The second-order valence-corrected chi connectivity index (χ2v) is 5.26. The second-order valence-electron chi connectivity index (χ2n) is 5.26. The van der Waals surface area contributed by atoms with Gasteiger partial charge in [0.05, 0.1) is 0 Å². The van der Waals surface area contributed by atoms with Gasteiger partial charge in [0.1, 0.15) is 6.04 Å². The van der Waals surface area contributed by atoms with Gasteiger partial charge in [0.2, 0.25) is 0 Å². The Morgan fingerprint density at radius 1 is 1.18 bits per heavy atom. The zero-order chi connectivity index (χ0) is 15.9. The number of nitrogens with one attached hydrogen (secondary N) is 1. The van der Waals surface area contributed by atoms with E-state index in [0.717, 1.165) is 18.7 Å². The van der Waals surface area contributed by atoms with Gasteiger partial charge in [-0.3, -0.25) is 4.79 Å². The zero-order valence-corrected chi connectivity index (χ0v) is 12.6. The summed E-state index contributed by atoms with van der Waals surface area (Å²) in [7, 11) is 0. The average Bonchev–Trinajstić information content (AvgIpc) is 2.54. The summed E-state index contributed by atoms with van der Waals surface area (Å²) < 4.78 is 0. The molecule has 1 atom stereocenters. The highest BCUT2D eigenvalue weighted by Crippen LogP contribution is 2.06. The lowest BCUT2D eigenvalue weighted by molar-refractivity contribution is -0.138. The fourth-order valence-electron chi connectivity index (χ4n) is 2.17. The van der Waals surface area contributed by atoms with Crippen LogP contribution in [0, 0.1) is 0 Å². The molecule has 0 spiro atoms. The van der Waals surface area contributed by atoms with Gasteiger partial charge in [0, 0.05) is 26.2 Å². The van der Waals surface area contributed by atoms with Gasteiger partial charge >= 0.3 is 12.0 Å². The first-order valence-electron chi connectivity index (χ1n) is 7.32. The fourth-order valence-corrected chi connectivity index (χ4v) is 2.17. The van der Waals surface area contributed by atoms with Crippen molar-refractivity contribution in [3.05, 3.63) is 42.1 Å². The minimum absolute atomic E-state index is 0.318. The van der Waals surface area contributed by atoms with Crippen LogP contribution in [0.2, 0.25) is 0 Å². The maximum absolute atomic E-state index is 11.9. The van der Waals surface area contributed by atoms with Crippen molar-refractivity contribution in [1.82, 2.24) is 15.1 Å². The van der Waals surface area contributed by atoms with Gasteiger partial charge in [0.15, 0.2) is 0 Å². The summed E-state index contributed by atoms with van der Waals surface area (Å²) in [5.41, 5.74) is 1.14. The van der Waals surface area contributed by atoms with Crippen LogP contribution in [0.1, 0.15) is 12.5 Å². The number of carbonyl (C=O) groups is 2. The quantitative estimate of drug-likeness (QED) is 0.883. The first-order valence-corrected chi connectivity index (χ1v) is 7.32. The Hall–Kier alpha value is -2.50. The zero-order valence-electron chi connectivity index (χ0n) is 12.6. The molecule has 6 heteroatoms. The van der Waals surface area contributed by atoms with Gasteiger partial charge in [-0.2, -0.15) is 0 Å². The molecule has 1 aliphatic rings. The Balaban J connectivity index is 1.79. The van der Waals surface area contributed by atoms with E-state index < -0.39 is 12.0 Å². The van der Waals surface area contributed by atoms with E-state index in [4.69, 9.17) is 5.11 Å². The molecule has 1 aliphatic heterocycles. The number of carboxylic acids is 1. The van der Waals surface area contributed by atoms with E-state index in [9.17, 15) is 9.59 Å². The Bertz CT molecular complexity index is 537. The van der Waals surface area contributed by atoms with Crippen molar-refractivity contribution in [2.24, 2.45) is 0 Å². The van der Waals surface area contributed by atoms with Crippen LogP contribution < -0.4 is 5.32 Å². The smallest absolute Gasteiger partial charge is 0.325 e. The van der Waals surface area contributed by atoms with Crippen LogP contribution in [0.25, 0.3) is 6.08 Å². The normalized spacial score (nSPS) is 16.6. The van der Waals surface area contributed by atoms with Gasteiger partial charge in [-0.15, -0.1) is 0 Å². The SMILES string of the molecule is C[C@H](NC(=O)N1CCN(C=Cc2ccccc2)CC1)C(=O)O. The standard InChI is InChI=1S/C16H21N3O3/c1-13(15(20)21)17-16(22)19-11-9-18(10-12-19)8-7-14-5-3-2-4-6-14/h2-8,13H,9-12H2,1H3,(H,17,22)(H,20,21)/t13-/m0/s1. The summed E-state index contributed by atoms with van der Waals surface area (Å²) in [5, 5.41) is 11.3. The predicted molar refractivity (Wildman–Crippen MR) is 84.3 cm³/mol. The monoisotopic (exact) mass is 303 g/mol. The molecule has 1 fully saturated rings. The Labute approximate surface area is 130 Å².